The summed E-state index contributed by atoms with van der Waals surface area (Å²) in [6.45, 7) is 0.0983. The van der Waals surface area contributed by atoms with Gasteiger partial charge < -0.3 is 14.6 Å². The Morgan fingerprint density at radius 3 is 2.29 bits per heavy atom. The fraction of sp³-hybridized carbons (Fsp3) is 0.200. The van der Waals surface area contributed by atoms with Crippen molar-refractivity contribution in [3.63, 3.8) is 0 Å². The molecule has 1 atom stereocenters. The zero-order chi connectivity index (χ0) is 15.3. The van der Waals surface area contributed by atoms with E-state index >= 15 is 0 Å². The van der Waals surface area contributed by atoms with Crippen molar-refractivity contribution < 1.29 is 14.6 Å². The second-order valence-corrected chi connectivity index (χ2v) is 6.64. The lowest BCUT2D eigenvalue weighted by Gasteiger charge is -2.19. The third kappa shape index (κ3) is 5.38. The van der Waals surface area contributed by atoms with Crippen LogP contribution in [-0.4, -0.2) is 15.2 Å². The molecule has 0 spiro atoms. The first-order valence-electron chi connectivity index (χ1n) is 6.13. The number of benzene rings is 2. The molecule has 0 saturated heterocycles. The van der Waals surface area contributed by atoms with Gasteiger partial charge in [-0.25, -0.2) is 0 Å². The lowest BCUT2D eigenvalue weighted by molar-refractivity contribution is -0.104. The highest BCUT2D eigenvalue weighted by Gasteiger charge is 2.31. The molecule has 1 N–H and O–H groups in total. The average molecular weight is 348 g/mol. The van der Waals surface area contributed by atoms with Gasteiger partial charge in [-0.3, -0.25) is 0 Å². The summed E-state index contributed by atoms with van der Waals surface area (Å²) in [7, 11) is 0. The van der Waals surface area contributed by atoms with E-state index in [4.69, 9.17) is 44.3 Å². The first kappa shape index (κ1) is 16.4. The van der Waals surface area contributed by atoms with Crippen molar-refractivity contribution in [3.05, 3.63) is 60.2 Å². The molecule has 2 rings (SSSR count). The molecule has 0 aliphatic carbocycles. The highest BCUT2D eigenvalue weighted by Crippen LogP contribution is 2.31. The molecule has 2 aromatic carbocycles. The van der Waals surface area contributed by atoms with E-state index in [0.29, 0.717) is 5.75 Å². The maximum Gasteiger partial charge on any atom is 0.240 e. The van der Waals surface area contributed by atoms with E-state index in [1.165, 1.54) is 0 Å². The van der Waals surface area contributed by atoms with Crippen molar-refractivity contribution in [2.45, 2.75) is 16.7 Å². The van der Waals surface area contributed by atoms with Crippen molar-refractivity contribution in [3.8, 4) is 11.5 Å². The molecule has 6 heteroatoms. The van der Waals surface area contributed by atoms with Crippen LogP contribution in [0.2, 0.25) is 0 Å². The van der Waals surface area contributed by atoms with E-state index in [2.05, 4.69) is 0 Å². The van der Waals surface area contributed by atoms with E-state index in [9.17, 15) is 5.11 Å². The highest BCUT2D eigenvalue weighted by atomic mass is 35.6. The second kappa shape index (κ2) is 7.34. The minimum atomic E-state index is -1.88. The fourth-order valence-electron chi connectivity index (χ4n) is 1.59. The minimum absolute atomic E-state index is 0.0983. The summed E-state index contributed by atoms with van der Waals surface area (Å²) in [4.78, 5) is 0. The van der Waals surface area contributed by atoms with Gasteiger partial charge in [0.2, 0.25) is 10.1 Å². The van der Waals surface area contributed by atoms with Crippen LogP contribution in [0, 0.1) is 0 Å². The highest BCUT2D eigenvalue weighted by molar-refractivity contribution is 6.67. The van der Waals surface area contributed by atoms with Crippen molar-refractivity contribution in [1.29, 1.82) is 0 Å². The summed E-state index contributed by atoms with van der Waals surface area (Å²) in [6, 6.07) is 16.7. The molecule has 21 heavy (non-hydrogen) atoms. The second-order valence-electron chi connectivity index (χ2n) is 4.27. The van der Waals surface area contributed by atoms with Gasteiger partial charge in [-0.15, -0.1) is 0 Å². The number of alkyl halides is 3. The molecule has 0 fully saturated rings. The Balaban J connectivity index is 1.98. The smallest absolute Gasteiger partial charge is 0.240 e. The summed E-state index contributed by atoms with van der Waals surface area (Å²) >= 11 is 16.6. The SMILES string of the molecule is O[C@@H](OCc1cccc(Oc2ccccc2)c1)C(Cl)(Cl)Cl. The molecule has 0 saturated carbocycles. The van der Waals surface area contributed by atoms with Crippen LogP contribution in [0.4, 0.5) is 0 Å². The average Bonchev–Trinajstić information content (AvgIpc) is 2.45. The zero-order valence-corrected chi connectivity index (χ0v) is 13.1. The number of rotatable bonds is 5. The fourth-order valence-corrected chi connectivity index (χ4v) is 1.78. The van der Waals surface area contributed by atoms with Crippen LogP contribution in [0.5, 0.6) is 11.5 Å². The molecule has 3 nitrogen and oxygen atoms in total. The van der Waals surface area contributed by atoms with Gasteiger partial charge in [0, 0.05) is 0 Å². The summed E-state index contributed by atoms with van der Waals surface area (Å²) in [5, 5.41) is 9.50. The van der Waals surface area contributed by atoms with Crippen LogP contribution in [-0.2, 0) is 11.3 Å². The van der Waals surface area contributed by atoms with E-state index < -0.39 is 10.1 Å². The third-order valence-electron chi connectivity index (χ3n) is 2.57. The summed E-state index contributed by atoms with van der Waals surface area (Å²) in [5.74, 6) is 1.39. The van der Waals surface area contributed by atoms with E-state index in [0.717, 1.165) is 11.3 Å². The van der Waals surface area contributed by atoms with Gasteiger partial charge >= 0.3 is 0 Å². The van der Waals surface area contributed by atoms with Gasteiger partial charge in [0.05, 0.1) is 6.61 Å². The van der Waals surface area contributed by atoms with Gasteiger partial charge in [0.25, 0.3) is 0 Å². The number of aliphatic hydroxyl groups is 1. The Kier molecular flexibility index (Phi) is 5.73. The predicted molar refractivity (Wildman–Crippen MR) is 84.0 cm³/mol. The molecule has 0 unspecified atom stereocenters. The molecule has 0 aliphatic rings. The summed E-state index contributed by atoms with van der Waals surface area (Å²) in [6.07, 6.45) is -1.50. The van der Waals surface area contributed by atoms with Crippen molar-refractivity contribution in [2.75, 3.05) is 0 Å². The Labute approximate surface area is 138 Å². The molecule has 0 amide bonds. The maximum absolute atomic E-state index is 9.50. The first-order chi connectivity index (χ1) is 9.95. The number of hydrogen-bond donors (Lipinski definition) is 1. The van der Waals surface area contributed by atoms with Crippen LogP contribution in [0.3, 0.4) is 0 Å². The summed E-state index contributed by atoms with van der Waals surface area (Å²) < 4.78 is 8.92. The van der Waals surface area contributed by atoms with Gasteiger partial charge in [-0.05, 0) is 29.8 Å². The molecule has 0 heterocycles. The molecule has 0 aromatic heterocycles. The van der Waals surface area contributed by atoms with E-state index in [1.54, 1.807) is 6.07 Å². The van der Waals surface area contributed by atoms with Crippen LogP contribution in [0.1, 0.15) is 5.56 Å². The van der Waals surface area contributed by atoms with Crippen LogP contribution >= 0.6 is 34.8 Å². The molecular weight excluding hydrogens is 335 g/mol. The Bertz CT molecular complexity index is 570. The largest absolute Gasteiger partial charge is 0.457 e. The molecular formula is C15H13Cl3O3. The zero-order valence-electron chi connectivity index (χ0n) is 10.9. The quantitative estimate of drug-likeness (QED) is 0.630. The normalized spacial score (nSPS) is 13.0. The molecule has 112 valence electrons. The van der Waals surface area contributed by atoms with Gasteiger partial charge in [0.15, 0.2) is 0 Å². The first-order valence-corrected chi connectivity index (χ1v) is 7.27. The van der Waals surface area contributed by atoms with Crippen molar-refractivity contribution >= 4 is 34.8 Å². The number of para-hydroxylation sites is 1. The lowest BCUT2D eigenvalue weighted by atomic mass is 10.2. The topological polar surface area (TPSA) is 38.7 Å². The van der Waals surface area contributed by atoms with Crippen molar-refractivity contribution in [2.24, 2.45) is 0 Å². The lowest BCUT2D eigenvalue weighted by Crippen LogP contribution is -2.27. The Morgan fingerprint density at radius 2 is 1.62 bits per heavy atom. The molecule has 2 aromatic rings. The van der Waals surface area contributed by atoms with Crippen LogP contribution < -0.4 is 4.74 Å². The third-order valence-corrected chi connectivity index (χ3v) is 3.13. The maximum atomic E-state index is 9.50. The predicted octanol–water partition coefficient (Wildman–Crippen LogP) is 4.68. The van der Waals surface area contributed by atoms with E-state index in [-0.39, 0.29) is 6.61 Å². The standard InChI is InChI=1S/C15H13Cl3O3/c16-15(17,18)14(19)20-10-11-5-4-8-13(9-11)21-12-6-2-1-3-7-12/h1-9,14,19H,10H2/t14-/m0/s1. The summed E-state index contributed by atoms with van der Waals surface area (Å²) in [5.41, 5.74) is 0.789. The minimum Gasteiger partial charge on any atom is -0.457 e. The number of aliphatic hydroxyl groups excluding tert-OH is 1. The Morgan fingerprint density at radius 1 is 0.952 bits per heavy atom. The van der Waals surface area contributed by atoms with Gasteiger partial charge in [0.1, 0.15) is 11.5 Å². The van der Waals surface area contributed by atoms with Crippen molar-refractivity contribution in [1.82, 2.24) is 0 Å². The van der Waals surface area contributed by atoms with Crippen LogP contribution in [0.15, 0.2) is 54.6 Å². The molecule has 0 aliphatic heterocycles. The number of ether oxygens (including phenoxy) is 2. The number of hydrogen-bond acceptors (Lipinski definition) is 3. The Hall–Kier alpha value is -0.970. The molecule has 0 bridgehead atoms. The van der Waals surface area contributed by atoms with E-state index in [1.807, 2.05) is 48.5 Å². The molecule has 0 radical (unpaired) electrons. The van der Waals surface area contributed by atoms with Gasteiger partial charge in [-0.2, -0.15) is 0 Å². The monoisotopic (exact) mass is 346 g/mol. The van der Waals surface area contributed by atoms with Crippen LogP contribution in [0.25, 0.3) is 0 Å². The van der Waals surface area contributed by atoms with Gasteiger partial charge in [-0.1, -0.05) is 65.1 Å². The number of halogens is 3.